The molecule has 0 aliphatic carbocycles. The van der Waals surface area contributed by atoms with Gasteiger partial charge >= 0.3 is 0 Å². The van der Waals surface area contributed by atoms with E-state index in [9.17, 15) is 19.7 Å². The SMILES string of the molecule is CSc1ccc(C(=O)N2CCCCC2CNC(=O)CCN)cc1[N+](=O)[O-]. The topological polar surface area (TPSA) is 119 Å². The number of amides is 2. The molecule has 1 unspecified atom stereocenters. The summed E-state index contributed by atoms with van der Waals surface area (Å²) in [6, 6.07) is 4.46. The van der Waals surface area contributed by atoms with Crippen LogP contribution in [0.15, 0.2) is 23.1 Å². The van der Waals surface area contributed by atoms with E-state index in [1.54, 1.807) is 23.3 Å². The molecular formula is C17H24N4O4S. The lowest BCUT2D eigenvalue weighted by Gasteiger charge is -2.36. The van der Waals surface area contributed by atoms with Gasteiger partial charge in [0.2, 0.25) is 5.91 Å². The highest BCUT2D eigenvalue weighted by atomic mass is 32.2. The first-order valence-electron chi connectivity index (χ1n) is 8.58. The van der Waals surface area contributed by atoms with Gasteiger partial charge in [0, 0.05) is 43.7 Å². The van der Waals surface area contributed by atoms with E-state index in [0.717, 1.165) is 19.3 Å². The van der Waals surface area contributed by atoms with Gasteiger partial charge in [0.25, 0.3) is 11.6 Å². The van der Waals surface area contributed by atoms with E-state index < -0.39 is 4.92 Å². The third kappa shape index (κ3) is 4.95. The fraction of sp³-hybridized carbons (Fsp3) is 0.529. The summed E-state index contributed by atoms with van der Waals surface area (Å²) in [5.74, 6) is -0.371. The quantitative estimate of drug-likeness (QED) is 0.423. The van der Waals surface area contributed by atoms with Gasteiger partial charge in [-0.05, 0) is 37.7 Å². The minimum absolute atomic E-state index is 0.0619. The molecule has 1 aromatic rings. The van der Waals surface area contributed by atoms with E-state index in [2.05, 4.69) is 5.32 Å². The molecule has 0 bridgehead atoms. The van der Waals surface area contributed by atoms with E-state index in [0.29, 0.717) is 23.5 Å². The molecule has 8 nitrogen and oxygen atoms in total. The maximum Gasteiger partial charge on any atom is 0.283 e. The smallest absolute Gasteiger partial charge is 0.283 e. The molecule has 1 heterocycles. The molecule has 9 heteroatoms. The highest BCUT2D eigenvalue weighted by Gasteiger charge is 2.29. The average Bonchev–Trinajstić information content (AvgIpc) is 2.65. The average molecular weight is 380 g/mol. The molecule has 26 heavy (non-hydrogen) atoms. The zero-order valence-corrected chi connectivity index (χ0v) is 15.6. The van der Waals surface area contributed by atoms with Crippen LogP contribution < -0.4 is 11.1 Å². The molecule has 0 aromatic heterocycles. The number of benzene rings is 1. The molecule has 0 spiro atoms. The lowest BCUT2D eigenvalue weighted by molar-refractivity contribution is -0.387. The Morgan fingerprint density at radius 3 is 2.85 bits per heavy atom. The van der Waals surface area contributed by atoms with Crippen LogP contribution in [0.4, 0.5) is 5.69 Å². The lowest BCUT2D eigenvalue weighted by atomic mass is 10.0. The number of nitro benzene ring substituents is 1. The largest absolute Gasteiger partial charge is 0.354 e. The zero-order chi connectivity index (χ0) is 19.1. The molecule has 142 valence electrons. The Morgan fingerprint density at radius 1 is 1.42 bits per heavy atom. The van der Waals surface area contributed by atoms with Gasteiger partial charge < -0.3 is 16.0 Å². The van der Waals surface area contributed by atoms with Gasteiger partial charge in [-0.1, -0.05) is 0 Å². The number of piperidine rings is 1. The number of hydrogen-bond acceptors (Lipinski definition) is 6. The minimum Gasteiger partial charge on any atom is -0.354 e. The second-order valence-electron chi connectivity index (χ2n) is 6.13. The van der Waals surface area contributed by atoms with Crippen LogP contribution in [0.1, 0.15) is 36.0 Å². The van der Waals surface area contributed by atoms with Gasteiger partial charge in [-0.25, -0.2) is 0 Å². The summed E-state index contributed by atoms with van der Waals surface area (Å²) in [7, 11) is 0. The normalized spacial score (nSPS) is 17.0. The molecule has 2 amide bonds. The first kappa shape index (κ1) is 20.2. The highest BCUT2D eigenvalue weighted by Crippen LogP contribution is 2.29. The van der Waals surface area contributed by atoms with Crippen LogP contribution in [0.5, 0.6) is 0 Å². The second-order valence-corrected chi connectivity index (χ2v) is 6.98. The van der Waals surface area contributed by atoms with Crippen molar-refractivity contribution in [2.45, 2.75) is 36.6 Å². The Balaban J connectivity index is 2.16. The third-order valence-corrected chi connectivity index (χ3v) is 5.20. The number of likely N-dealkylation sites (tertiary alicyclic amines) is 1. The number of hydrogen-bond donors (Lipinski definition) is 2. The molecule has 0 saturated carbocycles. The number of rotatable bonds is 7. The Bertz CT molecular complexity index is 683. The maximum atomic E-state index is 12.9. The van der Waals surface area contributed by atoms with Crippen LogP contribution in [0, 0.1) is 10.1 Å². The van der Waals surface area contributed by atoms with Gasteiger partial charge in [0.05, 0.1) is 9.82 Å². The maximum absolute atomic E-state index is 12.9. The Morgan fingerprint density at radius 2 is 2.19 bits per heavy atom. The van der Waals surface area contributed by atoms with E-state index in [1.165, 1.54) is 17.8 Å². The van der Waals surface area contributed by atoms with Crippen LogP contribution in [-0.4, -0.2) is 53.6 Å². The summed E-state index contributed by atoms with van der Waals surface area (Å²) in [5, 5.41) is 14.1. The number of carbonyl (C=O) groups excluding carboxylic acids is 2. The monoisotopic (exact) mass is 380 g/mol. The highest BCUT2D eigenvalue weighted by molar-refractivity contribution is 7.98. The molecule has 1 fully saturated rings. The second kappa shape index (κ2) is 9.54. The number of nitrogens with zero attached hydrogens (tertiary/aromatic N) is 2. The molecule has 1 aromatic carbocycles. The van der Waals surface area contributed by atoms with E-state index >= 15 is 0 Å². The molecule has 1 aliphatic rings. The van der Waals surface area contributed by atoms with Crippen LogP contribution in [-0.2, 0) is 4.79 Å². The van der Waals surface area contributed by atoms with Crippen molar-refractivity contribution in [2.24, 2.45) is 5.73 Å². The van der Waals surface area contributed by atoms with Crippen molar-refractivity contribution < 1.29 is 14.5 Å². The standard InChI is InChI=1S/C17H24N4O4S/c1-26-15-6-5-12(10-14(15)21(24)25)17(23)20-9-3-2-4-13(20)11-19-16(22)7-8-18/h5-6,10,13H,2-4,7-9,11,18H2,1H3,(H,19,22). The van der Waals surface area contributed by atoms with Gasteiger partial charge in [0.15, 0.2) is 0 Å². The van der Waals surface area contributed by atoms with Crippen LogP contribution >= 0.6 is 11.8 Å². The number of nitro groups is 1. The summed E-state index contributed by atoms with van der Waals surface area (Å²) >= 11 is 1.27. The number of nitrogens with one attached hydrogen (secondary N) is 1. The molecule has 1 atom stereocenters. The van der Waals surface area contributed by atoms with Crippen molar-refractivity contribution >= 4 is 29.3 Å². The van der Waals surface area contributed by atoms with Crippen LogP contribution in [0.2, 0.25) is 0 Å². The van der Waals surface area contributed by atoms with Crippen molar-refractivity contribution in [2.75, 3.05) is 25.9 Å². The van der Waals surface area contributed by atoms with E-state index in [1.807, 2.05) is 0 Å². The summed E-state index contributed by atoms with van der Waals surface area (Å²) in [5.41, 5.74) is 5.61. The van der Waals surface area contributed by atoms with Crippen molar-refractivity contribution in [1.29, 1.82) is 0 Å². The predicted molar refractivity (Wildman–Crippen MR) is 100 cm³/mol. The van der Waals surface area contributed by atoms with Crippen LogP contribution in [0.3, 0.4) is 0 Å². The zero-order valence-electron chi connectivity index (χ0n) is 14.8. The number of thioether (sulfide) groups is 1. The van der Waals surface area contributed by atoms with E-state index in [-0.39, 0.29) is 36.5 Å². The molecule has 1 aliphatic heterocycles. The van der Waals surface area contributed by atoms with Gasteiger partial charge in [-0.15, -0.1) is 11.8 Å². The minimum atomic E-state index is -0.469. The van der Waals surface area contributed by atoms with Crippen molar-refractivity contribution in [3.05, 3.63) is 33.9 Å². The van der Waals surface area contributed by atoms with Crippen molar-refractivity contribution in [1.82, 2.24) is 10.2 Å². The first-order chi connectivity index (χ1) is 12.5. The first-order valence-corrected chi connectivity index (χ1v) is 9.80. The van der Waals surface area contributed by atoms with Gasteiger partial charge in [-0.3, -0.25) is 19.7 Å². The molecule has 1 saturated heterocycles. The summed E-state index contributed by atoms with van der Waals surface area (Å²) in [4.78, 5) is 37.6. The molecule has 3 N–H and O–H groups in total. The fourth-order valence-corrected chi connectivity index (χ4v) is 3.61. The Kier molecular flexibility index (Phi) is 7.40. The molecule has 2 rings (SSSR count). The van der Waals surface area contributed by atoms with Crippen molar-refractivity contribution in [3.63, 3.8) is 0 Å². The summed E-state index contributed by atoms with van der Waals surface area (Å²) in [6.45, 7) is 1.23. The predicted octanol–water partition coefficient (Wildman–Crippen LogP) is 1.78. The summed E-state index contributed by atoms with van der Waals surface area (Å²) in [6.07, 6.45) is 4.66. The van der Waals surface area contributed by atoms with Gasteiger partial charge in [-0.2, -0.15) is 0 Å². The van der Waals surface area contributed by atoms with E-state index in [4.69, 9.17) is 5.73 Å². The van der Waals surface area contributed by atoms with Crippen molar-refractivity contribution in [3.8, 4) is 0 Å². The molecular weight excluding hydrogens is 356 g/mol. The summed E-state index contributed by atoms with van der Waals surface area (Å²) < 4.78 is 0. The lowest BCUT2D eigenvalue weighted by Crippen LogP contribution is -2.49. The third-order valence-electron chi connectivity index (χ3n) is 4.42. The van der Waals surface area contributed by atoms with Gasteiger partial charge in [0.1, 0.15) is 0 Å². The Hall–Kier alpha value is -2.13. The molecule has 0 radical (unpaired) electrons. The number of carbonyl (C=O) groups is 2. The Labute approximate surface area is 156 Å². The number of nitrogens with two attached hydrogens (primary N) is 1. The van der Waals surface area contributed by atoms with Crippen LogP contribution in [0.25, 0.3) is 0 Å². The fourth-order valence-electron chi connectivity index (χ4n) is 3.06.